The summed E-state index contributed by atoms with van der Waals surface area (Å²) >= 11 is 0. The van der Waals surface area contributed by atoms with Gasteiger partial charge in [-0.25, -0.2) is 4.98 Å². The van der Waals surface area contributed by atoms with Gasteiger partial charge in [0.15, 0.2) is 0 Å². The zero-order chi connectivity index (χ0) is 15.3. The lowest BCUT2D eigenvalue weighted by molar-refractivity contribution is -0.385. The van der Waals surface area contributed by atoms with Gasteiger partial charge in [0.2, 0.25) is 11.8 Å². The molecule has 1 heterocycles. The number of hydrogen-bond donors (Lipinski definition) is 2. The van der Waals surface area contributed by atoms with E-state index < -0.39 is 15.7 Å². The van der Waals surface area contributed by atoms with Crippen LogP contribution < -0.4 is 10.6 Å². The van der Waals surface area contributed by atoms with E-state index in [-0.39, 0.29) is 17.5 Å². The number of rotatable bonds is 7. The van der Waals surface area contributed by atoms with E-state index in [1.54, 1.807) is 20.2 Å². The van der Waals surface area contributed by atoms with Crippen LogP contribution in [0.3, 0.4) is 0 Å². The maximum Gasteiger partial charge on any atom is 0.332 e. The molecule has 1 rings (SSSR count). The Labute approximate surface area is 120 Å². The van der Waals surface area contributed by atoms with Gasteiger partial charge in [-0.15, -0.1) is 0 Å². The molecule has 9 heteroatoms. The molecule has 1 aromatic heterocycles. The van der Waals surface area contributed by atoms with Crippen LogP contribution in [0.5, 0.6) is 0 Å². The molecule has 0 radical (unpaired) electrons. The molecular weight excluding hydrogens is 282 g/mol. The highest BCUT2D eigenvalue weighted by atomic mass is 32.2. The van der Waals surface area contributed by atoms with Crippen LogP contribution >= 0.6 is 0 Å². The third-order valence-corrected chi connectivity index (χ3v) is 3.50. The van der Waals surface area contributed by atoms with E-state index >= 15 is 0 Å². The van der Waals surface area contributed by atoms with Crippen LogP contribution in [0.15, 0.2) is 0 Å². The molecule has 2 atom stereocenters. The largest absolute Gasteiger partial charge is 0.362 e. The van der Waals surface area contributed by atoms with E-state index in [1.807, 2.05) is 6.92 Å². The molecule has 0 spiro atoms. The summed E-state index contributed by atoms with van der Waals surface area (Å²) in [6.45, 7) is 3.44. The number of hydrogen-bond acceptors (Lipinski definition) is 7. The molecular formula is C11H19N5O3S. The van der Waals surface area contributed by atoms with Crippen molar-refractivity contribution >= 4 is 28.3 Å². The molecule has 0 saturated carbocycles. The van der Waals surface area contributed by atoms with Gasteiger partial charge in [-0.1, -0.05) is 0 Å². The number of nitro groups is 1. The van der Waals surface area contributed by atoms with Crippen molar-refractivity contribution in [1.29, 1.82) is 0 Å². The standard InChI is InChI=1S/C11H19N5O3S/c1-7(5-6-20(4)19)13-10-9(16(17)18)8(2)14-11(12-3)15-10/h7H,5-6H2,1-4H3,(H2,12,13,14,15). The second-order valence-corrected chi connectivity index (χ2v) is 6.00. The zero-order valence-electron chi connectivity index (χ0n) is 12.0. The van der Waals surface area contributed by atoms with E-state index in [1.165, 1.54) is 0 Å². The zero-order valence-corrected chi connectivity index (χ0v) is 12.8. The average Bonchev–Trinajstić information content (AvgIpc) is 2.35. The minimum atomic E-state index is -0.888. The Morgan fingerprint density at radius 2 is 2.10 bits per heavy atom. The number of anilines is 2. The highest BCUT2D eigenvalue weighted by Gasteiger charge is 2.22. The number of aryl methyl sites for hydroxylation is 1. The van der Waals surface area contributed by atoms with Crippen LogP contribution in [0.4, 0.5) is 17.5 Å². The summed E-state index contributed by atoms with van der Waals surface area (Å²) < 4.78 is 11.1. The molecule has 20 heavy (non-hydrogen) atoms. The summed E-state index contributed by atoms with van der Waals surface area (Å²) in [5.74, 6) is 1.04. The van der Waals surface area contributed by atoms with E-state index in [0.717, 1.165) is 0 Å². The molecule has 2 N–H and O–H groups in total. The molecule has 1 aromatic rings. The minimum Gasteiger partial charge on any atom is -0.362 e. The molecule has 0 bridgehead atoms. The molecule has 0 aromatic carbocycles. The van der Waals surface area contributed by atoms with Crippen molar-refractivity contribution in [2.24, 2.45) is 0 Å². The summed E-state index contributed by atoms with van der Waals surface area (Å²) in [4.78, 5) is 18.7. The molecule has 2 unspecified atom stereocenters. The number of nitrogens with zero attached hydrogens (tertiary/aromatic N) is 3. The molecule has 0 aliphatic rings. The van der Waals surface area contributed by atoms with Crippen molar-refractivity contribution in [3.05, 3.63) is 15.8 Å². The maximum atomic E-state index is 11.1. The van der Waals surface area contributed by atoms with Gasteiger partial charge in [0.25, 0.3) is 0 Å². The Kier molecular flexibility index (Phi) is 5.81. The van der Waals surface area contributed by atoms with Crippen LogP contribution in [0.2, 0.25) is 0 Å². The van der Waals surface area contributed by atoms with E-state index in [0.29, 0.717) is 23.8 Å². The summed E-state index contributed by atoms with van der Waals surface area (Å²) in [6, 6.07) is -0.0726. The van der Waals surface area contributed by atoms with Crippen molar-refractivity contribution in [1.82, 2.24) is 9.97 Å². The van der Waals surface area contributed by atoms with Crippen LogP contribution in [0.25, 0.3) is 0 Å². The van der Waals surface area contributed by atoms with Gasteiger partial charge in [-0.2, -0.15) is 4.98 Å². The Hall–Kier alpha value is -1.77. The smallest absolute Gasteiger partial charge is 0.332 e. The lowest BCUT2D eigenvalue weighted by atomic mass is 10.2. The fourth-order valence-corrected chi connectivity index (χ4v) is 2.33. The molecule has 0 saturated heterocycles. The Bertz CT molecular complexity index is 523. The second-order valence-electron chi connectivity index (χ2n) is 4.45. The molecule has 0 amide bonds. The minimum absolute atomic E-state index is 0.0726. The highest BCUT2D eigenvalue weighted by Crippen LogP contribution is 2.27. The summed E-state index contributed by atoms with van der Waals surface area (Å²) in [7, 11) is 0.759. The van der Waals surface area contributed by atoms with E-state index in [4.69, 9.17) is 0 Å². The first kappa shape index (κ1) is 16.3. The Morgan fingerprint density at radius 1 is 1.45 bits per heavy atom. The van der Waals surface area contributed by atoms with Crippen LogP contribution in [-0.2, 0) is 10.8 Å². The maximum absolute atomic E-state index is 11.1. The first-order valence-electron chi connectivity index (χ1n) is 6.12. The first-order valence-corrected chi connectivity index (χ1v) is 7.85. The average molecular weight is 301 g/mol. The van der Waals surface area contributed by atoms with Gasteiger partial charge in [0.05, 0.1) is 4.92 Å². The molecule has 8 nitrogen and oxygen atoms in total. The lowest BCUT2D eigenvalue weighted by Crippen LogP contribution is -2.20. The second kappa shape index (κ2) is 7.13. The lowest BCUT2D eigenvalue weighted by Gasteiger charge is -2.15. The van der Waals surface area contributed by atoms with Gasteiger partial charge < -0.3 is 10.6 Å². The van der Waals surface area contributed by atoms with Crippen molar-refractivity contribution in [2.75, 3.05) is 29.7 Å². The van der Waals surface area contributed by atoms with Crippen molar-refractivity contribution in [3.8, 4) is 0 Å². The van der Waals surface area contributed by atoms with Gasteiger partial charge >= 0.3 is 5.69 Å². The first-order chi connectivity index (χ1) is 9.35. The van der Waals surface area contributed by atoms with Crippen LogP contribution in [0.1, 0.15) is 19.0 Å². The SMILES string of the molecule is CNc1nc(C)c([N+](=O)[O-])c(NC(C)CCS(C)=O)n1. The fraction of sp³-hybridized carbons (Fsp3) is 0.636. The fourth-order valence-electron chi connectivity index (χ4n) is 1.65. The number of aromatic nitrogens is 2. The van der Waals surface area contributed by atoms with Gasteiger partial charge in [0, 0.05) is 35.9 Å². The van der Waals surface area contributed by atoms with Crippen molar-refractivity contribution in [3.63, 3.8) is 0 Å². The van der Waals surface area contributed by atoms with Crippen LogP contribution in [0, 0.1) is 17.0 Å². The van der Waals surface area contributed by atoms with Crippen molar-refractivity contribution < 1.29 is 9.13 Å². The quantitative estimate of drug-likeness (QED) is 0.577. The summed E-state index contributed by atoms with van der Waals surface area (Å²) in [5, 5.41) is 16.9. The Morgan fingerprint density at radius 3 is 2.60 bits per heavy atom. The predicted molar refractivity (Wildman–Crippen MR) is 79.6 cm³/mol. The van der Waals surface area contributed by atoms with E-state index in [9.17, 15) is 14.3 Å². The molecule has 112 valence electrons. The molecule has 0 aliphatic heterocycles. The third kappa shape index (κ3) is 4.41. The van der Waals surface area contributed by atoms with E-state index in [2.05, 4.69) is 20.6 Å². The van der Waals surface area contributed by atoms with Gasteiger partial charge in [0.1, 0.15) is 5.69 Å². The monoisotopic (exact) mass is 301 g/mol. The molecule has 0 aliphatic carbocycles. The summed E-state index contributed by atoms with van der Waals surface area (Å²) in [6.07, 6.45) is 2.27. The van der Waals surface area contributed by atoms with Gasteiger partial charge in [-0.05, 0) is 20.3 Å². The third-order valence-electron chi connectivity index (χ3n) is 2.69. The normalized spacial score (nSPS) is 13.6. The predicted octanol–water partition coefficient (Wildman–Crippen LogP) is 1.30. The Balaban J connectivity index is 2.99. The highest BCUT2D eigenvalue weighted by molar-refractivity contribution is 7.84. The van der Waals surface area contributed by atoms with Gasteiger partial charge in [-0.3, -0.25) is 14.3 Å². The molecule has 0 fully saturated rings. The van der Waals surface area contributed by atoms with Crippen LogP contribution in [-0.4, -0.2) is 44.2 Å². The van der Waals surface area contributed by atoms with Crippen molar-refractivity contribution in [2.45, 2.75) is 26.3 Å². The number of nitrogens with one attached hydrogen (secondary N) is 2. The summed E-state index contributed by atoms with van der Waals surface area (Å²) in [5.41, 5.74) is 0.164. The topological polar surface area (TPSA) is 110 Å².